The first kappa shape index (κ1) is 26.1. The van der Waals surface area contributed by atoms with Gasteiger partial charge in [-0.25, -0.2) is 4.98 Å². The summed E-state index contributed by atoms with van der Waals surface area (Å²) in [6.45, 7) is 2.24. The quantitative estimate of drug-likeness (QED) is 0.185. The Morgan fingerprint density at radius 2 is 1.74 bits per heavy atom. The molecule has 0 bridgehead atoms. The molecule has 0 radical (unpaired) electrons. The van der Waals surface area contributed by atoms with Gasteiger partial charge in [0, 0.05) is 35.4 Å². The van der Waals surface area contributed by atoms with Crippen molar-refractivity contribution >= 4 is 80.8 Å². The van der Waals surface area contributed by atoms with Crippen LogP contribution in [0.25, 0.3) is 10.9 Å². The average molecular weight is 729 g/mol. The maximum absolute atomic E-state index is 13.2. The fourth-order valence-electron chi connectivity index (χ4n) is 3.44. The summed E-state index contributed by atoms with van der Waals surface area (Å²) in [6.07, 6.45) is 2.13. The summed E-state index contributed by atoms with van der Waals surface area (Å²) in [5.41, 5.74) is 2.00. The molecule has 0 aliphatic carbocycles. The molecule has 0 unspecified atom stereocenters. The highest BCUT2D eigenvalue weighted by molar-refractivity contribution is 9.11. The van der Waals surface area contributed by atoms with Crippen molar-refractivity contribution in [3.05, 3.63) is 93.7 Å². The van der Waals surface area contributed by atoms with E-state index < -0.39 is 0 Å². The maximum Gasteiger partial charge on any atom is 0.282 e. The summed E-state index contributed by atoms with van der Waals surface area (Å²) < 4.78 is 16.6. The van der Waals surface area contributed by atoms with Crippen molar-refractivity contribution in [1.29, 1.82) is 0 Å². The molecule has 6 nitrogen and oxygen atoms in total. The van der Waals surface area contributed by atoms with E-state index in [9.17, 15) is 4.79 Å². The first-order chi connectivity index (χ1) is 16.8. The molecule has 10 heteroatoms. The molecule has 1 heterocycles. The van der Waals surface area contributed by atoms with Crippen LogP contribution < -0.4 is 15.0 Å². The highest BCUT2D eigenvalue weighted by Gasteiger charge is 2.15. The van der Waals surface area contributed by atoms with Gasteiger partial charge >= 0.3 is 0 Å². The lowest BCUT2D eigenvalue weighted by Gasteiger charge is -2.15. The number of benzene rings is 3. The van der Waals surface area contributed by atoms with Crippen molar-refractivity contribution < 1.29 is 9.47 Å². The van der Waals surface area contributed by atoms with Gasteiger partial charge in [0.15, 0.2) is 11.5 Å². The molecule has 0 amide bonds. The second-order valence-electron chi connectivity index (χ2n) is 7.46. The molecule has 0 aliphatic rings. The minimum atomic E-state index is -0.243. The van der Waals surface area contributed by atoms with Crippen LogP contribution in [0.15, 0.2) is 76.3 Å². The van der Waals surface area contributed by atoms with E-state index in [0.717, 1.165) is 23.5 Å². The van der Waals surface area contributed by atoms with Crippen molar-refractivity contribution in [2.24, 2.45) is 5.10 Å². The zero-order valence-corrected chi connectivity index (χ0v) is 25.0. The third-order valence-electron chi connectivity index (χ3n) is 5.16. The summed E-state index contributed by atoms with van der Waals surface area (Å²) >= 11 is 14.0. The van der Waals surface area contributed by atoms with Crippen LogP contribution in [0.5, 0.6) is 11.5 Å². The van der Waals surface area contributed by atoms with Gasteiger partial charge in [0.1, 0.15) is 12.4 Å². The molecule has 3 aromatic carbocycles. The average Bonchev–Trinajstić information content (AvgIpc) is 2.83. The number of nitrogens with zero attached hydrogens (tertiary/aromatic N) is 3. The molecule has 0 fully saturated rings. The summed E-state index contributed by atoms with van der Waals surface area (Å²) in [6, 6.07) is 15.0. The molecule has 4 aromatic rings. The molecule has 0 N–H and O–H groups in total. The summed E-state index contributed by atoms with van der Waals surface area (Å²) in [5, 5.41) is 5.00. The molecule has 4 rings (SSSR count). The smallest absolute Gasteiger partial charge is 0.282 e. The highest BCUT2D eigenvalue weighted by atomic mass is 79.9. The van der Waals surface area contributed by atoms with Gasteiger partial charge in [0.05, 0.1) is 24.2 Å². The number of hydrogen-bond donors (Lipinski definition) is 0. The van der Waals surface area contributed by atoms with Crippen LogP contribution >= 0.6 is 63.7 Å². The van der Waals surface area contributed by atoms with Gasteiger partial charge < -0.3 is 9.47 Å². The van der Waals surface area contributed by atoms with Crippen LogP contribution in [0.3, 0.4) is 0 Å². The number of ether oxygens (including phenoxy) is 2. The van der Waals surface area contributed by atoms with E-state index in [-0.39, 0.29) is 5.56 Å². The topological polar surface area (TPSA) is 65.7 Å². The Hall–Kier alpha value is -2.01. The fourth-order valence-corrected chi connectivity index (χ4v) is 5.42. The zero-order valence-electron chi connectivity index (χ0n) is 18.7. The summed E-state index contributed by atoms with van der Waals surface area (Å²) in [7, 11) is 1.58. The van der Waals surface area contributed by atoms with Crippen LogP contribution in [0.1, 0.15) is 23.9 Å². The normalized spacial score (nSPS) is 11.4. The van der Waals surface area contributed by atoms with Crippen molar-refractivity contribution in [3.63, 3.8) is 0 Å². The van der Waals surface area contributed by atoms with Gasteiger partial charge in [-0.1, -0.05) is 76.7 Å². The highest BCUT2D eigenvalue weighted by Crippen LogP contribution is 2.35. The first-order valence-corrected chi connectivity index (χ1v) is 13.7. The number of fused-ring (bicyclic) bond motifs is 1. The van der Waals surface area contributed by atoms with Crippen molar-refractivity contribution in [3.8, 4) is 11.5 Å². The van der Waals surface area contributed by atoms with Gasteiger partial charge in [-0.3, -0.25) is 4.79 Å². The second kappa shape index (κ2) is 11.4. The molecule has 0 saturated heterocycles. The Morgan fingerprint density at radius 1 is 1.00 bits per heavy atom. The lowest BCUT2D eigenvalue weighted by Crippen LogP contribution is -2.22. The van der Waals surface area contributed by atoms with E-state index in [1.807, 2.05) is 49.4 Å². The van der Waals surface area contributed by atoms with E-state index in [1.165, 1.54) is 4.68 Å². The number of halogens is 4. The van der Waals surface area contributed by atoms with Gasteiger partial charge in [-0.15, -0.1) is 0 Å². The molecule has 1 aromatic heterocycles. The van der Waals surface area contributed by atoms with E-state index >= 15 is 0 Å². The number of aryl methyl sites for hydroxylation is 1. The molecule has 35 heavy (non-hydrogen) atoms. The van der Waals surface area contributed by atoms with Crippen LogP contribution in [0.2, 0.25) is 0 Å². The molecule has 0 atom stereocenters. The molecule has 0 saturated carbocycles. The van der Waals surface area contributed by atoms with Crippen LogP contribution in [0.4, 0.5) is 0 Å². The molecular formula is C25H19Br4N3O3. The minimum absolute atomic E-state index is 0.243. The molecule has 180 valence electrons. The summed E-state index contributed by atoms with van der Waals surface area (Å²) in [4.78, 5) is 17.9. The Kier molecular flexibility index (Phi) is 8.46. The number of methoxy groups -OCH3 is 1. The van der Waals surface area contributed by atoms with Gasteiger partial charge in [-0.05, 0) is 42.5 Å². The van der Waals surface area contributed by atoms with Crippen LogP contribution in [-0.4, -0.2) is 23.0 Å². The van der Waals surface area contributed by atoms with Crippen LogP contribution in [-0.2, 0) is 13.0 Å². The Morgan fingerprint density at radius 3 is 2.46 bits per heavy atom. The van der Waals surface area contributed by atoms with Gasteiger partial charge in [0.25, 0.3) is 5.56 Å². The Bertz CT molecular complexity index is 1500. The van der Waals surface area contributed by atoms with E-state index in [4.69, 9.17) is 9.47 Å². The lowest BCUT2D eigenvalue weighted by molar-refractivity contribution is 0.283. The van der Waals surface area contributed by atoms with E-state index in [1.54, 1.807) is 19.4 Å². The summed E-state index contributed by atoms with van der Waals surface area (Å²) in [5.74, 6) is 1.61. The monoisotopic (exact) mass is 725 g/mol. The minimum Gasteiger partial charge on any atom is -0.493 e. The van der Waals surface area contributed by atoms with Crippen molar-refractivity contribution in [2.75, 3.05) is 7.11 Å². The fraction of sp³-hybridized carbons (Fsp3) is 0.160. The number of aromatic nitrogens is 2. The van der Waals surface area contributed by atoms with E-state index in [0.29, 0.717) is 46.8 Å². The first-order valence-electron chi connectivity index (χ1n) is 10.5. The third-order valence-corrected chi connectivity index (χ3v) is 7.34. The lowest BCUT2D eigenvalue weighted by atomic mass is 10.2. The van der Waals surface area contributed by atoms with Gasteiger partial charge in [-0.2, -0.15) is 9.78 Å². The van der Waals surface area contributed by atoms with Crippen molar-refractivity contribution in [2.45, 2.75) is 20.0 Å². The number of hydrogen-bond acceptors (Lipinski definition) is 5. The maximum atomic E-state index is 13.2. The molecular weight excluding hydrogens is 710 g/mol. The third kappa shape index (κ3) is 5.87. The molecule has 0 spiro atoms. The number of rotatable bonds is 7. The predicted octanol–water partition coefficient (Wildman–Crippen LogP) is 7.48. The Balaban J connectivity index is 1.77. The van der Waals surface area contributed by atoms with Crippen LogP contribution in [0, 0.1) is 0 Å². The second-order valence-corrected chi connectivity index (χ2v) is 11.1. The predicted molar refractivity (Wildman–Crippen MR) is 153 cm³/mol. The largest absolute Gasteiger partial charge is 0.493 e. The van der Waals surface area contributed by atoms with E-state index in [2.05, 4.69) is 73.8 Å². The Labute approximate surface area is 235 Å². The molecule has 0 aliphatic heterocycles. The van der Waals surface area contributed by atoms with Gasteiger partial charge in [0.2, 0.25) is 0 Å². The standard InChI is InChI=1S/C25H19Br4N3O3/c1-3-23-31-21-7-6-16(26)9-19(21)25(33)32(23)30-12-15-8-18(28)11-22(34-2)24(15)35-13-14-4-5-17(27)10-20(14)29/h4-12H,3,13H2,1-2H3. The zero-order chi connectivity index (χ0) is 25.1. The SMILES string of the molecule is CCc1nc2ccc(Br)cc2c(=O)n1N=Cc1cc(Br)cc(OC)c1OCc1ccc(Br)cc1Br. The van der Waals surface area contributed by atoms with Crippen molar-refractivity contribution in [1.82, 2.24) is 9.66 Å².